The van der Waals surface area contributed by atoms with E-state index < -0.39 is 0 Å². The van der Waals surface area contributed by atoms with Gasteiger partial charge in [0, 0.05) is 25.4 Å². The van der Waals surface area contributed by atoms with Crippen molar-refractivity contribution in [1.29, 1.82) is 0 Å². The maximum atomic E-state index is 4.56. The van der Waals surface area contributed by atoms with Crippen LogP contribution >= 0.6 is 0 Å². The van der Waals surface area contributed by atoms with Crippen molar-refractivity contribution < 1.29 is 0 Å². The Kier molecular flexibility index (Phi) is 4.54. The van der Waals surface area contributed by atoms with Gasteiger partial charge in [0.2, 0.25) is 0 Å². The third-order valence-corrected chi connectivity index (χ3v) is 3.53. The molecule has 0 aromatic carbocycles. The molecule has 1 N–H and O–H groups in total. The molecular weight excluding hydrogens is 212 g/mol. The average Bonchev–Trinajstić information content (AvgIpc) is 2.80. The highest BCUT2D eigenvalue weighted by Gasteiger charge is 2.14. The molecule has 0 radical (unpaired) electrons. The predicted octanol–water partition coefficient (Wildman–Crippen LogP) is 1.94. The number of hydrogen-bond acceptors (Lipinski definition) is 3. The van der Waals surface area contributed by atoms with Crippen molar-refractivity contribution in [2.75, 3.05) is 6.54 Å². The first-order chi connectivity index (χ1) is 8.33. The number of piperidine rings is 1. The summed E-state index contributed by atoms with van der Waals surface area (Å²) in [6, 6.07) is 0.683. The first-order valence-corrected chi connectivity index (χ1v) is 6.99. The van der Waals surface area contributed by atoms with Crippen LogP contribution in [0.3, 0.4) is 0 Å². The first-order valence-electron chi connectivity index (χ1n) is 6.99. The van der Waals surface area contributed by atoms with Crippen molar-refractivity contribution in [2.45, 2.75) is 65.0 Å². The molecule has 1 aromatic rings. The molecule has 0 bridgehead atoms. The third-order valence-electron chi connectivity index (χ3n) is 3.53. The standard InChI is InChI=1S/C13H24N4/c1-3-12-15-13(4-2)17(16-12)10-8-11-7-5-6-9-14-11/h11,14H,3-10H2,1-2H3. The van der Waals surface area contributed by atoms with Gasteiger partial charge in [-0.1, -0.05) is 20.3 Å². The maximum absolute atomic E-state index is 4.56. The Bertz CT molecular complexity index is 339. The van der Waals surface area contributed by atoms with E-state index in [4.69, 9.17) is 0 Å². The molecule has 0 saturated carbocycles. The van der Waals surface area contributed by atoms with Crippen molar-refractivity contribution in [3.63, 3.8) is 0 Å². The van der Waals surface area contributed by atoms with Gasteiger partial charge in [0.1, 0.15) is 5.82 Å². The molecule has 4 nitrogen and oxygen atoms in total. The Morgan fingerprint density at radius 1 is 1.29 bits per heavy atom. The normalized spacial score (nSPS) is 20.7. The van der Waals surface area contributed by atoms with Crippen LogP contribution < -0.4 is 5.32 Å². The lowest BCUT2D eigenvalue weighted by molar-refractivity contribution is 0.357. The van der Waals surface area contributed by atoms with Crippen LogP contribution in [0.1, 0.15) is 51.2 Å². The summed E-state index contributed by atoms with van der Waals surface area (Å²) < 4.78 is 2.11. The molecule has 1 aliphatic rings. The van der Waals surface area contributed by atoms with Crippen molar-refractivity contribution in [3.05, 3.63) is 11.6 Å². The summed E-state index contributed by atoms with van der Waals surface area (Å²) in [5.74, 6) is 2.12. The zero-order chi connectivity index (χ0) is 12.1. The van der Waals surface area contributed by atoms with Gasteiger partial charge >= 0.3 is 0 Å². The molecule has 2 rings (SSSR count). The third kappa shape index (κ3) is 3.28. The molecule has 0 aliphatic carbocycles. The molecule has 1 atom stereocenters. The monoisotopic (exact) mass is 236 g/mol. The highest BCUT2D eigenvalue weighted by atomic mass is 15.3. The largest absolute Gasteiger partial charge is 0.314 e. The molecule has 1 fully saturated rings. The van der Waals surface area contributed by atoms with Crippen LogP contribution in [-0.4, -0.2) is 27.4 Å². The van der Waals surface area contributed by atoms with Crippen molar-refractivity contribution in [1.82, 2.24) is 20.1 Å². The highest BCUT2D eigenvalue weighted by molar-refractivity contribution is 4.92. The van der Waals surface area contributed by atoms with E-state index in [0.29, 0.717) is 6.04 Å². The van der Waals surface area contributed by atoms with Gasteiger partial charge in [0.05, 0.1) is 0 Å². The van der Waals surface area contributed by atoms with Gasteiger partial charge in [-0.15, -0.1) is 0 Å². The van der Waals surface area contributed by atoms with Crippen LogP contribution in [0.4, 0.5) is 0 Å². The summed E-state index contributed by atoms with van der Waals surface area (Å²) in [7, 11) is 0. The quantitative estimate of drug-likeness (QED) is 0.849. The van der Waals surface area contributed by atoms with E-state index in [0.717, 1.165) is 31.0 Å². The Morgan fingerprint density at radius 3 is 2.82 bits per heavy atom. The molecule has 1 aliphatic heterocycles. The van der Waals surface area contributed by atoms with Gasteiger partial charge in [-0.05, 0) is 25.8 Å². The average molecular weight is 236 g/mol. The first kappa shape index (κ1) is 12.6. The second-order valence-corrected chi connectivity index (χ2v) is 4.81. The molecule has 2 heterocycles. The Morgan fingerprint density at radius 2 is 2.18 bits per heavy atom. The highest BCUT2D eigenvalue weighted by Crippen LogP contribution is 2.11. The lowest BCUT2D eigenvalue weighted by Crippen LogP contribution is -2.34. The van der Waals surface area contributed by atoms with Gasteiger partial charge in [-0.2, -0.15) is 5.10 Å². The SMILES string of the molecule is CCc1nc(CC)n(CCC2CCCCN2)n1. The van der Waals surface area contributed by atoms with Crippen LogP contribution in [-0.2, 0) is 19.4 Å². The summed E-state index contributed by atoms with van der Waals surface area (Å²) >= 11 is 0. The van der Waals surface area contributed by atoms with E-state index in [1.165, 1.54) is 32.2 Å². The summed E-state index contributed by atoms with van der Waals surface area (Å²) in [6.45, 7) is 6.46. The number of hydrogen-bond donors (Lipinski definition) is 1. The number of nitrogens with zero attached hydrogens (tertiary/aromatic N) is 3. The Balaban J connectivity index is 1.90. The Labute approximate surface area is 104 Å². The number of aryl methyl sites for hydroxylation is 3. The lowest BCUT2D eigenvalue weighted by Gasteiger charge is -2.23. The van der Waals surface area contributed by atoms with Gasteiger partial charge in [0.25, 0.3) is 0 Å². The zero-order valence-electron chi connectivity index (χ0n) is 11.1. The van der Waals surface area contributed by atoms with Gasteiger partial charge in [-0.3, -0.25) is 0 Å². The Hall–Kier alpha value is -0.900. The second kappa shape index (κ2) is 6.15. The van der Waals surface area contributed by atoms with Gasteiger partial charge < -0.3 is 5.32 Å². The molecule has 1 aromatic heterocycles. The lowest BCUT2D eigenvalue weighted by atomic mass is 10.0. The number of rotatable bonds is 5. The van der Waals surface area contributed by atoms with Crippen molar-refractivity contribution >= 4 is 0 Å². The second-order valence-electron chi connectivity index (χ2n) is 4.81. The van der Waals surface area contributed by atoms with E-state index in [1.54, 1.807) is 0 Å². The summed E-state index contributed by atoms with van der Waals surface area (Å²) in [6.07, 6.45) is 7.11. The molecule has 0 amide bonds. The minimum atomic E-state index is 0.683. The minimum absolute atomic E-state index is 0.683. The topological polar surface area (TPSA) is 42.7 Å². The van der Waals surface area contributed by atoms with Gasteiger partial charge in [-0.25, -0.2) is 9.67 Å². The van der Waals surface area contributed by atoms with Crippen LogP contribution in [0, 0.1) is 0 Å². The molecule has 0 spiro atoms. The van der Waals surface area contributed by atoms with E-state index in [-0.39, 0.29) is 0 Å². The molecule has 1 unspecified atom stereocenters. The molecular formula is C13H24N4. The molecule has 1 saturated heterocycles. The fraction of sp³-hybridized carbons (Fsp3) is 0.846. The van der Waals surface area contributed by atoms with Crippen LogP contribution in [0.5, 0.6) is 0 Å². The van der Waals surface area contributed by atoms with E-state index in [2.05, 4.69) is 33.9 Å². The predicted molar refractivity (Wildman–Crippen MR) is 69.0 cm³/mol. The summed E-state index contributed by atoms with van der Waals surface area (Å²) in [5.41, 5.74) is 0. The van der Waals surface area contributed by atoms with Crippen LogP contribution in [0.25, 0.3) is 0 Å². The van der Waals surface area contributed by atoms with Crippen molar-refractivity contribution in [3.8, 4) is 0 Å². The van der Waals surface area contributed by atoms with Crippen LogP contribution in [0.2, 0.25) is 0 Å². The number of nitrogens with one attached hydrogen (secondary N) is 1. The van der Waals surface area contributed by atoms with E-state index in [9.17, 15) is 0 Å². The fourth-order valence-corrected chi connectivity index (χ4v) is 2.47. The van der Waals surface area contributed by atoms with Crippen molar-refractivity contribution in [2.24, 2.45) is 0 Å². The fourth-order valence-electron chi connectivity index (χ4n) is 2.47. The molecule has 17 heavy (non-hydrogen) atoms. The minimum Gasteiger partial charge on any atom is -0.314 e. The van der Waals surface area contributed by atoms with E-state index in [1.807, 2.05) is 0 Å². The molecule has 96 valence electrons. The summed E-state index contributed by atoms with van der Waals surface area (Å²) in [4.78, 5) is 4.54. The smallest absolute Gasteiger partial charge is 0.150 e. The maximum Gasteiger partial charge on any atom is 0.150 e. The van der Waals surface area contributed by atoms with Crippen LogP contribution in [0.15, 0.2) is 0 Å². The molecule has 4 heteroatoms. The van der Waals surface area contributed by atoms with Gasteiger partial charge in [0.15, 0.2) is 5.82 Å². The summed E-state index contributed by atoms with van der Waals surface area (Å²) in [5, 5.41) is 8.15. The van der Waals surface area contributed by atoms with E-state index >= 15 is 0 Å². The zero-order valence-corrected chi connectivity index (χ0v) is 11.1. The number of aromatic nitrogens is 3.